The summed E-state index contributed by atoms with van der Waals surface area (Å²) in [4.78, 5) is 8.54. The molecule has 4 nitrogen and oxygen atoms in total. The van der Waals surface area contributed by atoms with E-state index in [2.05, 4.69) is 15.3 Å². The smallest absolute Gasteiger partial charge is 0.389 e. The van der Waals surface area contributed by atoms with E-state index >= 15 is 0 Å². The van der Waals surface area contributed by atoms with Gasteiger partial charge in [-0.3, -0.25) is 0 Å². The van der Waals surface area contributed by atoms with Crippen LogP contribution in [0.25, 0.3) is 0 Å². The van der Waals surface area contributed by atoms with Gasteiger partial charge in [-0.15, -0.1) is 0 Å². The third-order valence-corrected chi connectivity index (χ3v) is 2.65. The lowest BCUT2D eigenvalue weighted by molar-refractivity contribution is -0.136. The SMILES string of the molecule is CCNc1nc(CC)nc(OCCCC(F)(F)F)c1C. The van der Waals surface area contributed by atoms with Crippen LogP contribution in [0.5, 0.6) is 5.88 Å². The van der Waals surface area contributed by atoms with Gasteiger partial charge in [0.1, 0.15) is 11.6 Å². The topological polar surface area (TPSA) is 47.0 Å². The van der Waals surface area contributed by atoms with Gasteiger partial charge < -0.3 is 10.1 Å². The molecule has 0 aromatic carbocycles. The van der Waals surface area contributed by atoms with Crippen molar-refractivity contribution in [3.63, 3.8) is 0 Å². The summed E-state index contributed by atoms with van der Waals surface area (Å²) in [5.41, 5.74) is 0.719. The van der Waals surface area contributed by atoms with Crippen LogP contribution in [-0.4, -0.2) is 29.3 Å². The second kappa shape index (κ2) is 7.31. The Balaban J connectivity index is 2.70. The van der Waals surface area contributed by atoms with Crippen molar-refractivity contribution in [1.82, 2.24) is 9.97 Å². The van der Waals surface area contributed by atoms with Crippen LogP contribution >= 0.6 is 0 Å². The van der Waals surface area contributed by atoms with Crippen molar-refractivity contribution >= 4 is 5.82 Å². The molecule has 0 amide bonds. The fourth-order valence-electron chi connectivity index (χ4n) is 1.62. The molecule has 0 fully saturated rings. The number of anilines is 1. The molecule has 0 unspecified atom stereocenters. The highest BCUT2D eigenvalue weighted by Crippen LogP contribution is 2.24. The number of hydrogen-bond donors (Lipinski definition) is 1. The Kier molecular flexibility index (Phi) is 6.04. The maximum Gasteiger partial charge on any atom is 0.389 e. The average Bonchev–Trinajstić information content (AvgIpc) is 2.37. The monoisotopic (exact) mass is 291 g/mol. The predicted octanol–water partition coefficient (Wildman–Crippen LogP) is 3.50. The van der Waals surface area contributed by atoms with E-state index in [1.165, 1.54) is 0 Å². The zero-order valence-electron chi connectivity index (χ0n) is 12.0. The number of ether oxygens (including phenoxy) is 1. The molecule has 0 bridgehead atoms. The minimum Gasteiger partial charge on any atom is -0.477 e. The number of hydrogen-bond acceptors (Lipinski definition) is 4. The van der Waals surface area contributed by atoms with Crippen molar-refractivity contribution in [1.29, 1.82) is 0 Å². The number of aryl methyl sites for hydroxylation is 1. The normalized spacial score (nSPS) is 11.5. The molecular weight excluding hydrogens is 271 g/mol. The first kappa shape index (κ1) is 16.5. The van der Waals surface area contributed by atoms with Crippen LogP contribution in [-0.2, 0) is 6.42 Å². The van der Waals surface area contributed by atoms with E-state index in [0.717, 1.165) is 5.56 Å². The van der Waals surface area contributed by atoms with Crippen molar-refractivity contribution < 1.29 is 17.9 Å². The van der Waals surface area contributed by atoms with Gasteiger partial charge in [0, 0.05) is 19.4 Å². The van der Waals surface area contributed by atoms with Crippen LogP contribution in [0.1, 0.15) is 38.1 Å². The van der Waals surface area contributed by atoms with Crippen LogP contribution < -0.4 is 10.1 Å². The summed E-state index contributed by atoms with van der Waals surface area (Å²) < 4.78 is 41.5. The van der Waals surface area contributed by atoms with E-state index in [9.17, 15) is 13.2 Å². The molecule has 1 N–H and O–H groups in total. The average molecular weight is 291 g/mol. The van der Waals surface area contributed by atoms with E-state index in [0.29, 0.717) is 30.5 Å². The van der Waals surface area contributed by atoms with Gasteiger partial charge in [0.05, 0.1) is 12.2 Å². The van der Waals surface area contributed by atoms with E-state index in [1.807, 2.05) is 13.8 Å². The molecule has 1 aromatic rings. The summed E-state index contributed by atoms with van der Waals surface area (Å²) in [6.45, 7) is 6.34. The lowest BCUT2D eigenvalue weighted by atomic mass is 10.3. The zero-order valence-corrected chi connectivity index (χ0v) is 12.0. The molecular formula is C13H20F3N3O. The Morgan fingerprint density at radius 1 is 1.20 bits per heavy atom. The van der Waals surface area contributed by atoms with Gasteiger partial charge in [0.2, 0.25) is 5.88 Å². The standard InChI is InChI=1S/C13H20F3N3O/c1-4-10-18-11(17-5-2)9(3)12(19-10)20-8-6-7-13(14,15)16/h4-8H2,1-3H3,(H,17,18,19). The van der Waals surface area contributed by atoms with Gasteiger partial charge in [0.15, 0.2) is 0 Å². The van der Waals surface area contributed by atoms with Crippen molar-refractivity contribution in [2.45, 2.75) is 46.2 Å². The molecule has 114 valence electrons. The highest BCUT2D eigenvalue weighted by Gasteiger charge is 2.26. The summed E-state index contributed by atoms with van der Waals surface area (Å²) in [5.74, 6) is 1.64. The molecule has 1 rings (SSSR count). The molecule has 1 heterocycles. The van der Waals surface area contributed by atoms with Gasteiger partial charge >= 0.3 is 6.18 Å². The Morgan fingerprint density at radius 3 is 2.45 bits per heavy atom. The van der Waals surface area contributed by atoms with Gasteiger partial charge in [-0.25, -0.2) is 4.98 Å². The Labute approximate surface area is 116 Å². The van der Waals surface area contributed by atoms with E-state index in [4.69, 9.17) is 4.74 Å². The fourth-order valence-corrected chi connectivity index (χ4v) is 1.62. The molecule has 0 atom stereocenters. The number of nitrogens with zero attached hydrogens (tertiary/aromatic N) is 2. The highest BCUT2D eigenvalue weighted by atomic mass is 19.4. The number of halogens is 3. The summed E-state index contributed by atoms with van der Waals surface area (Å²) in [6.07, 6.45) is -4.44. The third-order valence-electron chi connectivity index (χ3n) is 2.65. The first-order valence-corrected chi connectivity index (χ1v) is 6.68. The fraction of sp³-hybridized carbons (Fsp3) is 0.692. The predicted molar refractivity (Wildman–Crippen MR) is 71.1 cm³/mol. The first-order valence-electron chi connectivity index (χ1n) is 6.68. The molecule has 0 saturated heterocycles. The van der Waals surface area contributed by atoms with E-state index in [1.54, 1.807) is 6.92 Å². The molecule has 0 spiro atoms. The van der Waals surface area contributed by atoms with Crippen LogP contribution in [0.2, 0.25) is 0 Å². The van der Waals surface area contributed by atoms with Crippen molar-refractivity contribution in [2.75, 3.05) is 18.5 Å². The number of nitrogens with one attached hydrogen (secondary N) is 1. The van der Waals surface area contributed by atoms with Crippen LogP contribution in [0, 0.1) is 6.92 Å². The largest absolute Gasteiger partial charge is 0.477 e. The van der Waals surface area contributed by atoms with Crippen LogP contribution in [0.3, 0.4) is 0 Å². The van der Waals surface area contributed by atoms with Crippen molar-refractivity contribution in [2.24, 2.45) is 0 Å². The summed E-state index contributed by atoms with van der Waals surface area (Å²) >= 11 is 0. The van der Waals surface area contributed by atoms with Crippen molar-refractivity contribution in [3.8, 4) is 5.88 Å². The van der Waals surface area contributed by atoms with Crippen LogP contribution in [0.4, 0.5) is 19.0 Å². The lowest BCUT2D eigenvalue weighted by Gasteiger charge is -2.13. The molecule has 20 heavy (non-hydrogen) atoms. The maximum absolute atomic E-state index is 12.1. The Bertz CT molecular complexity index is 436. The summed E-state index contributed by atoms with van der Waals surface area (Å²) in [6, 6.07) is 0. The minimum absolute atomic E-state index is 0.00785. The van der Waals surface area contributed by atoms with Gasteiger partial charge in [-0.05, 0) is 20.3 Å². The minimum atomic E-state index is -4.15. The van der Waals surface area contributed by atoms with Gasteiger partial charge in [0.25, 0.3) is 0 Å². The quantitative estimate of drug-likeness (QED) is 0.781. The van der Waals surface area contributed by atoms with Gasteiger partial charge in [-0.1, -0.05) is 6.92 Å². The van der Waals surface area contributed by atoms with Crippen molar-refractivity contribution in [3.05, 3.63) is 11.4 Å². The Hall–Kier alpha value is -1.53. The van der Waals surface area contributed by atoms with E-state index < -0.39 is 12.6 Å². The zero-order chi connectivity index (χ0) is 15.2. The van der Waals surface area contributed by atoms with E-state index in [-0.39, 0.29) is 13.0 Å². The molecule has 0 saturated carbocycles. The molecule has 0 radical (unpaired) electrons. The number of aromatic nitrogens is 2. The maximum atomic E-state index is 12.1. The summed E-state index contributed by atoms with van der Waals surface area (Å²) in [5, 5.41) is 3.09. The second-order valence-electron chi connectivity index (χ2n) is 4.37. The Morgan fingerprint density at radius 2 is 1.90 bits per heavy atom. The molecule has 7 heteroatoms. The third kappa shape index (κ3) is 5.22. The number of rotatable bonds is 7. The highest BCUT2D eigenvalue weighted by molar-refractivity contribution is 5.48. The molecule has 0 aliphatic carbocycles. The first-order chi connectivity index (χ1) is 9.37. The molecule has 0 aliphatic rings. The second-order valence-corrected chi connectivity index (χ2v) is 4.37. The number of alkyl halides is 3. The lowest BCUT2D eigenvalue weighted by Crippen LogP contribution is -2.12. The molecule has 0 aliphatic heterocycles. The summed E-state index contributed by atoms with van der Waals surface area (Å²) in [7, 11) is 0. The van der Waals surface area contributed by atoms with Gasteiger partial charge in [-0.2, -0.15) is 18.2 Å². The van der Waals surface area contributed by atoms with Crippen LogP contribution in [0.15, 0.2) is 0 Å². The molecule has 1 aromatic heterocycles.